The third kappa shape index (κ3) is 8.70. The van der Waals surface area contributed by atoms with E-state index >= 15 is 0 Å². The molecule has 6 rings (SSSR count). The van der Waals surface area contributed by atoms with Crippen molar-refractivity contribution < 1.29 is 29.3 Å². The SMILES string of the molecule is COc1cc(-c2nccc(-c3cccc(-c4ccc(CN(C(=O)O)C5CCN(C(C)=O)CC5)c(OC)n4)c3Cl)c2Cl)ccc1CN[C@H]1CC[C@H](O)CC1. The molecule has 4 aromatic rings. The summed E-state index contributed by atoms with van der Waals surface area (Å²) in [5, 5.41) is 24.4. The molecule has 280 valence electrons. The van der Waals surface area contributed by atoms with Gasteiger partial charge < -0.3 is 34.8 Å². The number of nitrogens with zero attached hydrogens (tertiary/aromatic N) is 4. The van der Waals surface area contributed by atoms with Gasteiger partial charge in [0.1, 0.15) is 5.75 Å². The summed E-state index contributed by atoms with van der Waals surface area (Å²) >= 11 is 14.2. The lowest BCUT2D eigenvalue weighted by Gasteiger charge is -2.37. The van der Waals surface area contributed by atoms with E-state index in [0.717, 1.165) is 42.6 Å². The predicted octanol–water partition coefficient (Wildman–Crippen LogP) is 7.69. The number of rotatable bonds is 11. The van der Waals surface area contributed by atoms with E-state index in [4.69, 9.17) is 37.7 Å². The summed E-state index contributed by atoms with van der Waals surface area (Å²) in [4.78, 5) is 36.7. The van der Waals surface area contributed by atoms with Crippen LogP contribution in [0.5, 0.6) is 11.6 Å². The topological polar surface area (TPSA) is 137 Å². The minimum atomic E-state index is -1.04. The molecule has 1 aliphatic carbocycles. The molecular formula is C40H45Cl2N5O6. The molecule has 2 aliphatic rings. The van der Waals surface area contributed by atoms with Crippen molar-refractivity contribution in [2.75, 3.05) is 27.3 Å². The summed E-state index contributed by atoms with van der Waals surface area (Å²) in [5.74, 6) is 1.02. The van der Waals surface area contributed by atoms with Crippen LogP contribution in [0, 0.1) is 0 Å². The van der Waals surface area contributed by atoms with E-state index < -0.39 is 6.09 Å². The third-order valence-electron chi connectivity index (χ3n) is 10.4. The second kappa shape index (κ2) is 17.2. The number of aliphatic hydroxyl groups excluding tert-OH is 1. The Kier molecular flexibility index (Phi) is 12.4. The number of ether oxygens (including phenoxy) is 2. The van der Waals surface area contributed by atoms with Crippen LogP contribution in [0.2, 0.25) is 10.0 Å². The molecule has 2 amide bonds. The molecule has 1 aliphatic heterocycles. The fourth-order valence-corrected chi connectivity index (χ4v) is 7.96. The molecule has 0 spiro atoms. The van der Waals surface area contributed by atoms with Crippen molar-refractivity contribution in [2.24, 2.45) is 0 Å². The molecule has 2 fully saturated rings. The van der Waals surface area contributed by atoms with E-state index in [9.17, 15) is 19.8 Å². The Morgan fingerprint density at radius 3 is 2.28 bits per heavy atom. The second-order valence-electron chi connectivity index (χ2n) is 13.6. The molecule has 2 aromatic heterocycles. The second-order valence-corrected chi connectivity index (χ2v) is 14.4. The average molecular weight is 763 g/mol. The third-order valence-corrected chi connectivity index (χ3v) is 11.2. The fraction of sp³-hybridized carbons (Fsp3) is 0.400. The monoisotopic (exact) mass is 761 g/mol. The zero-order chi connectivity index (χ0) is 37.6. The number of benzene rings is 2. The number of hydrogen-bond donors (Lipinski definition) is 3. The zero-order valence-electron chi connectivity index (χ0n) is 30.1. The number of pyridine rings is 2. The molecule has 0 bridgehead atoms. The molecule has 0 unspecified atom stereocenters. The van der Waals surface area contributed by atoms with Crippen molar-refractivity contribution >= 4 is 35.2 Å². The molecular weight excluding hydrogens is 717 g/mol. The van der Waals surface area contributed by atoms with Crippen molar-refractivity contribution in [2.45, 2.75) is 76.7 Å². The molecule has 0 atom stereocenters. The summed E-state index contributed by atoms with van der Waals surface area (Å²) < 4.78 is 11.4. The van der Waals surface area contributed by atoms with Gasteiger partial charge in [-0.3, -0.25) is 9.78 Å². The number of carbonyl (C=O) groups excluding carboxylic acids is 1. The number of carboxylic acid groups (broad SMARTS) is 1. The van der Waals surface area contributed by atoms with E-state index in [-0.39, 0.29) is 24.6 Å². The molecule has 3 N–H and O–H groups in total. The van der Waals surface area contributed by atoms with Gasteiger partial charge in [0.25, 0.3) is 0 Å². The first kappa shape index (κ1) is 38.3. The van der Waals surface area contributed by atoms with Crippen LogP contribution in [-0.2, 0) is 17.9 Å². The number of halogens is 2. The Labute approximate surface area is 319 Å². The Bertz CT molecular complexity index is 1950. The minimum Gasteiger partial charge on any atom is -0.496 e. The van der Waals surface area contributed by atoms with Crippen molar-refractivity contribution in [3.8, 4) is 45.3 Å². The molecule has 1 saturated carbocycles. The maximum Gasteiger partial charge on any atom is 0.407 e. The van der Waals surface area contributed by atoms with Gasteiger partial charge in [-0.15, -0.1) is 0 Å². The van der Waals surface area contributed by atoms with Gasteiger partial charge in [-0.2, -0.15) is 0 Å². The van der Waals surface area contributed by atoms with Crippen molar-refractivity contribution in [1.29, 1.82) is 0 Å². The number of aliphatic hydroxyl groups is 1. The summed E-state index contributed by atoms with van der Waals surface area (Å²) in [7, 11) is 3.15. The highest BCUT2D eigenvalue weighted by atomic mass is 35.5. The first-order valence-electron chi connectivity index (χ1n) is 17.9. The van der Waals surface area contributed by atoms with E-state index in [1.54, 1.807) is 24.3 Å². The molecule has 53 heavy (non-hydrogen) atoms. The molecule has 3 heterocycles. The van der Waals surface area contributed by atoms with Gasteiger partial charge in [0, 0.05) is 78.2 Å². The molecule has 2 aromatic carbocycles. The summed E-state index contributed by atoms with van der Waals surface area (Å²) in [6.45, 7) is 3.30. The summed E-state index contributed by atoms with van der Waals surface area (Å²) in [5.41, 5.74) is 5.62. The van der Waals surface area contributed by atoms with E-state index in [1.165, 1.54) is 18.9 Å². The highest BCUT2D eigenvalue weighted by Gasteiger charge is 2.30. The van der Waals surface area contributed by atoms with Crippen LogP contribution in [0.1, 0.15) is 56.6 Å². The summed E-state index contributed by atoms with van der Waals surface area (Å²) in [6.07, 6.45) is 5.12. The van der Waals surface area contributed by atoms with Gasteiger partial charge in [-0.1, -0.05) is 53.5 Å². The first-order valence-corrected chi connectivity index (χ1v) is 18.6. The smallest absolute Gasteiger partial charge is 0.407 e. The normalized spacial score (nSPS) is 17.7. The number of carbonyl (C=O) groups is 2. The van der Waals surface area contributed by atoms with Gasteiger partial charge >= 0.3 is 6.09 Å². The first-order chi connectivity index (χ1) is 25.6. The van der Waals surface area contributed by atoms with Crippen LogP contribution in [0.25, 0.3) is 33.6 Å². The standard InChI is InChI=1S/C40H45Cl2N5O6/c1-24(48)46-19-16-29(17-20-46)47(40(50)51)23-27-9-14-34(45-39(27)53-3)33-6-4-5-31(36(33)41)32-15-18-43-38(37(32)42)25-7-8-26(35(21-25)52-2)22-44-28-10-12-30(49)13-11-28/h4-9,14-15,18,21,28-30,44,49H,10-13,16-17,19-20,22-23H2,1-3H3,(H,50,51)/t28-,30-. The van der Waals surface area contributed by atoms with E-state index in [2.05, 4.69) is 10.3 Å². The lowest BCUT2D eigenvalue weighted by molar-refractivity contribution is -0.130. The number of hydrogen-bond acceptors (Lipinski definition) is 8. The van der Waals surface area contributed by atoms with Crippen LogP contribution in [0.15, 0.2) is 60.8 Å². The molecule has 1 saturated heterocycles. The van der Waals surface area contributed by atoms with Gasteiger partial charge in [-0.05, 0) is 62.8 Å². The Balaban J connectivity index is 1.23. The van der Waals surface area contributed by atoms with Crippen molar-refractivity contribution in [3.05, 3.63) is 82.0 Å². The maximum atomic E-state index is 12.3. The summed E-state index contributed by atoms with van der Waals surface area (Å²) in [6, 6.07) is 17.2. The minimum absolute atomic E-state index is 0.00578. The van der Waals surface area contributed by atoms with Crippen LogP contribution < -0.4 is 14.8 Å². The molecule has 13 heteroatoms. The zero-order valence-corrected chi connectivity index (χ0v) is 31.7. The predicted molar refractivity (Wildman–Crippen MR) is 205 cm³/mol. The lowest BCUT2D eigenvalue weighted by Crippen LogP contribution is -2.47. The van der Waals surface area contributed by atoms with Crippen LogP contribution >= 0.6 is 23.2 Å². The van der Waals surface area contributed by atoms with Crippen LogP contribution in [0.4, 0.5) is 4.79 Å². The largest absolute Gasteiger partial charge is 0.496 e. The number of aromatic nitrogens is 2. The number of amides is 2. The Morgan fingerprint density at radius 1 is 0.906 bits per heavy atom. The van der Waals surface area contributed by atoms with Gasteiger partial charge in [0.15, 0.2) is 0 Å². The van der Waals surface area contributed by atoms with Gasteiger partial charge in [0.2, 0.25) is 11.8 Å². The van der Waals surface area contributed by atoms with Crippen LogP contribution in [0.3, 0.4) is 0 Å². The quantitative estimate of drug-likeness (QED) is 0.141. The molecule has 0 radical (unpaired) electrons. The van der Waals surface area contributed by atoms with E-state index in [0.29, 0.717) is 88.1 Å². The van der Waals surface area contributed by atoms with Crippen molar-refractivity contribution in [3.63, 3.8) is 0 Å². The van der Waals surface area contributed by atoms with E-state index in [1.807, 2.05) is 48.5 Å². The Morgan fingerprint density at radius 2 is 1.60 bits per heavy atom. The molecule has 11 nitrogen and oxygen atoms in total. The highest BCUT2D eigenvalue weighted by molar-refractivity contribution is 6.39. The van der Waals surface area contributed by atoms with Gasteiger partial charge in [-0.25, -0.2) is 9.78 Å². The number of methoxy groups -OCH3 is 2. The maximum absolute atomic E-state index is 12.3. The van der Waals surface area contributed by atoms with Crippen LogP contribution in [-0.4, -0.2) is 87.5 Å². The lowest BCUT2D eigenvalue weighted by atomic mass is 9.93. The highest BCUT2D eigenvalue weighted by Crippen LogP contribution is 2.42. The number of nitrogens with one attached hydrogen (secondary N) is 1. The van der Waals surface area contributed by atoms with Crippen molar-refractivity contribution in [1.82, 2.24) is 25.1 Å². The fourth-order valence-electron chi connectivity index (χ4n) is 7.31. The Hall–Kier alpha value is -4.42. The number of likely N-dealkylation sites (tertiary alicyclic amines) is 1. The van der Waals surface area contributed by atoms with Gasteiger partial charge in [0.05, 0.1) is 48.3 Å². The number of piperidine rings is 1. The average Bonchev–Trinajstić information content (AvgIpc) is 3.17.